The standard InChI is InChI=1S/C18H16F9N3O2.C15H10F9N3O/c1-3-29-14(31)8-13(18(25,26)27)28-15(29)30(9-32-4-2)12-6-5-10(16(19,20)21)7-11(12)17(22,23)24;1-2-27-11(28)6-10(15(22,23)24)26-12(27)25-9-4-3-7(13(16,17)18)5-8(9)14(19,20)21/h5-8H,3-4,9H2,1-2H3;3-6H,2H2,1H3,(H,25,26). The smallest absolute Gasteiger partial charge is 0.361 e. The maximum atomic E-state index is 13.6. The molecule has 2 aromatic heterocycles. The van der Waals surface area contributed by atoms with E-state index in [9.17, 15) is 88.6 Å². The average Bonchev–Trinajstić information content (AvgIpc) is 3.09. The molecular formula is C33H26F18N6O3. The molecule has 27 heteroatoms. The van der Waals surface area contributed by atoms with Gasteiger partial charge in [0.1, 0.15) is 6.73 Å². The molecule has 0 bridgehead atoms. The second-order valence-electron chi connectivity index (χ2n) is 11.7. The van der Waals surface area contributed by atoms with Gasteiger partial charge in [-0.15, -0.1) is 0 Å². The van der Waals surface area contributed by atoms with Crippen LogP contribution in [0.1, 0.15) is 54.4 Å². The van der Waals surface area contributed by atoms with Crippen LogP contribution in [0, 0.1) is 0 Å². The first-order chi connectivity index (χ1) is 27.2. The van der Waals surface area contributed by atoms with E-state index < -0.39 is 112 Å². The Bertz CT molecular complexity index is 2250. The number of anilines is 4. The highest BCUT2D eigenvalue weighted by Gasteiger charge is 2.42. The Morgan fingerprint density at radius 1 is 0.567 bits per heavy atom. The van der Waals surface area contributed by atoms with Crippen LogP contribution in [0.5, 0.6) is 0 Å². The Labute approximate surface area is 323 Å². The summed E-state index contributed by atoms with van der Waals surface area (Å²) < 4.78 is 242. The molecule has 332 valence electrons. The topological polar surface area (TPSA) is 94.3 Å². The molecule has 4 aromatic rings. The maximum absolute atomic E-state index is 13.6. The van der Waals surface area contributed by atoms with Crippen molar-refractivity contribution in [1.82, 2.24) is 19.1 Å². The molecule has 0 aliphatic heterocycles. The van der Waals surface area contributed by atoms with Crippen LogP contribution in [-0.2, 0) is 54.9 Å². The van der Waals surface area contributed by atoms with E-state index in [0.717, 1.165) is 0 Å². The van der Waals surface area contributed by atoms with Gasteiger partial charge >= 0.3 is 37.1 Å². The Kier molecular flexibility index (Phi) is 14.3. The Hall–Kier alpha value is -5.50. The molecule has 2 heterocycles. The first-order valence-corrected chi connectivity index (χ1v) is 16.3. The second kappa shape index (κ2) is 17.6. The van der Waals surface area contributed by atoms with Gasteiger partial charge in [0.05, 0.1) is 33.6 Å². The summed E-state index contributed by atoms with van der Waals surface area (Å²) in [5.41, 5.74) is -14.5. The summed E-state index contributed by atoms with van der Waals surface area (Å²) >= 11 is 0. The number of alkyl halides is 18. The highest BCUT2D eigenvalue weighted by molar-refractivity contribution is 5.64. The van der Waals surface area contributed by atoms with E-state index in [-0.39, 0.29) is 44.0 Å². The number of ether oxygens (including phenoxy) is 1. The third-order valence-corrected chi connectivity index (χ3v) is 7.69. The van der Waals surface area contributed by atoms with E-state index in [2.05, 4.69) is 9.97 Å². The quantitative estimate of drug-likeness (QED) is 0.132. The van der Waals surface area contributed by atoms with Crippen molar-refractivity contribution in [1.29, 1.82) is 0 Å². The SMILES string of the molecule is CCOCN(c1ccc(C(F)(F)F)cc1C(F)(F)F)c1nc(C(F)(F)F)cc(=O)n1CC.CCn1c(Nc2ccc(C(F)(F)F)cc2C(F)(F)F)nc(C(F)(F)F)cc1=O. The van der Waals surface area contributed by atoms with Gasteiger partial charge < -0.3 is 10.1 Å². The zero-order valence-corrected chi connectivity index (χ0v) is 30.2. The van der Waals surface area contributed by atoms with Crippen molar-refractivity contribution in [2.75, 3.05) is 23.6 Å². The Balaban J connectivity index is 0.000000323. The van der Waals surface area contributed by atoms with Crippen molar-refractivity contribution in [2.45, 2.75) is 70.9 Å². The zero-order valence-electron chi connectivity index (χ0n) is 30.2. The number of nitrogens with zero attached hydrogens (tertiary/aromatic N) is 5. The molecule has 0 saturated carbocycles. The lowest BCUT2D eigenvalue weighted by Crippen LogP contribution is -2.34. The van der Waals surface area contributed by atoms with Gasteiger partial charge in [0.25, 0.3) is 11.1 Å². The zero-order chi connectivity index (χ0) is 46.0. The molecule has 0 unspecified atom stereocenters. The van der Waals surface area contributed by atoms with Crippen molar-refractivity contribution < 1.29 is 83.8 Å². The highest BCUT2D eigenvalue weighted by Crippen LogP contribution is 2.43. The van der Waals surface area contributed by atoms with Crippen molar-refractivity contribution in [3.05, 3.63) is 103 Å². The molecule has 0 saturated heterocycles. The molecule has 0 spiro atoms. The van der Waals surface area contributed by atoms with Gasteiger partial charge in [-0.25, -0.2) is 9.97 Å². The van der Waals surface area contributed by atoms with Gasteiger partial charge in [0.2, 0.25) is 11.9 Å². The first-order valence-electron chi connectivity index (χ1n) is 16.3. The van der Waals surface area contributed by atoms with Gasteiger partial charge in [0, 0.05) is 31.8 Å². The summed E-state index contributed by atoms with van der Waals surface area (Å²) in [6.07, 6.45) is -30.9. The Morgan fingerprint density at radius 2 is 1.02 bits per heavy atom. The van der Waals surface area contributed by atoms with E-state index in [0.29, 0.717) is 38.3 Å². The van der Waals surface area contributed by atoms with Crippen LogP contribution in [0.3, 0.4) is 0 Å². The minimum absolute atomic E-state index is 0.103. The summed E-state index contributed by atoms with van der Waals surface area (Å²) in [7, 11) is 0. The summed E-state index contributed by atoms with van der Waals surface area (Å²) in [4.78, 5) is 30.9. The number of hydrogen-bond acceptors (Lipinski definition) is 7. The fraction of sp³-hybridized carbons (Fsp3) is 0.394. The highest BCUT2D eigenvalue weighted by atomic mass is 19.4. The normalized spacial score (nSPS) is 12.9. The molecular weight excluding hydrogens is 870 g/mol. The van der Waals surface area contributed by atoms with Crippen molar-refractivity contribution in [3.63, 3.8) is 0 Å². The van der Waals surface area contributed by atoms with E-state index in [1.807, 2.05) is 5.32 Å². The molecule has 0 amide bonds. The molecule has 0 atom stereocenters. The van der Waals surface area contributed by atoms with E-state index in [1.165, 1.54) is 20.8 Å². The molecule has 2 aromatic carbocycles. The summed E-state index contributed by atoms with van der Waals surface area (Å²) in [5, 5.41) is 1.90. The number of halogens is 18. The second-order valence-corrected chi connectivity index (χ2v) is 11.7. The lowest BCUT2D eigenvalue weighted by Gasteiger charge is -2.29. The predicted octanol–water partition coefficient (Wildman–Crippen LogP) is 10.5. The lowest BCUT2D eigenvalue weighted by atomic mass is 10.1. The largest absolute Gasteiger partial charge is 0.433 e. The van der Waals surface area contributed by atoms with Crippen molar-refractivity contribution in [2.24, 2.45) is 0 Å². The third kappa shape index (κ3) is 11.8. The molecule has 0 fully saturated rings. The van der Waals surface area contributed by atoms with Crippen LogP contribution in [0.2, 0.25) is 0 Å². The van der Waals surface area contributed by atoms with Crippen LogP contribution >= 0.6 is 0 Å². The van der Waals surface area contributed by atoms with E-state index in [4.69, 9.17) is 4.74 Å². The van der Waals surface area contributed by atoms with Crippen LogP contribution in [0.15, 0.2) is 58.1 Å². The van der Waals surface area contributed by atoms with E-state index in [1.54, 1.807) is 0 Å². The van der Waals surface area contributed by atoms with Gasteiger partial charge in [-0.1, -0.05) is 0 Å². The minimum Gasteiger partial charge on any atom is -0.361 e. The van der Waals surface area contributed by atoms with Gasteiger partial charge in [-0.05, 0) is 57.2 Å². The minimum atomic E-state index is -5.32. The third-order valence-electron chi connectivity index (χ3n) is 7.69. The van der Waals surface area contributed by atoms with Gasteiger partial charge in [-0.2, -0.15) is 79.0 Å². The van der Waals surface area contributed by atoms with Crippen LogP contribution in [-0.4, -0.2) is 32.4 Å². The fourth-order valence-corrected chi connectivity index (χ4v) is 4.97. The van der Waals surface area contributed by atoms with E-state index >= 15 is 0 Å². The lowest BCUT2D eigenvalue weighted by molar-refractivity contribution is -0.144. The monoisotopic (exact) mass is 896 g/mol. The number of aromatic nitrogens is 4. The number of benzene rings is 2. The number of nitrogens with one attached hydrogen (secondary N) is 1. The van der Waals surface area contributed by atoms with Gasteiger partial charge in [0.15, 0.2) is 11.4 Å². The molecule has 1 N–H and O–H groups in total. The maximum Gasteiger partial charge on any atom is 0.433 e. The summed E-state index contributed by atoms with van der Waals surface area (Å²) in [6.45, 7) is 2.61. The number of hydrogen-bond donors (Lipinski definition) is 1. The molecule has 4 rings (SSSR count). The predicted molar refractivity (Wildman–Crippen MR) is 173 cm³/mol. The van der Waals surface area contributed by atoms with Crippen LogP contribution in [0.25, 0.3) is 0 Å². The Morgan fingerprint density at radius 3 is 1.45 bits per heavy atom. The van der Waals surface area contributed by atoms with Crippen molar-refractivity contribution in [3.8, 4) is 0 Å². The molecule has 0 radical (unpaired) electrons. The molecule has 60 heavy (non-hydrogen) atoms. The fourth-order valence-electron chi connectivity index (χ4n) is 4.97. The molecule has 0 aliphatic rings. The summed E-state index contributed by atoms with van der Waals surface area (Å²) in [6, 6.07) is 1.47. The summed E-state index contributed by atoms with van der Waals surface area (Å²) in [5.74, 6) is -1.77. The average molecular weight is 897 g/mol. The molecule has 9 nitrogen and oxygen atoms in total. The van der Waals surface area contributed by atoms with Crippen molar-refractivity contribution >= 4 is 23.3 Å². The first kappa shape index (κ1) is 48.9. The number of rotatable bonds is 9. The van der Waals surface area contributed by atoms with Crippen LogP contribution in [0.4, 0.5) is 102 Å². The molecule has 0 aliphatic carbocycles. The van der Waals surface area contributed by atoms with Gasteiger partial charge in [-0.3, -0.25) is 23.6 Å². The van der Waals surface area contributed by atoms with Crippen LogP contribution < -0.4 is 21.3 Å².